The van der Waals surface area contributed by atoms with Gasteiger partial charge in [0.2, 0.25) is 0 Å². The van der Waals surface area contributed by atoms with Gasteiger partial charge < -0.3 is 5.32 Å². The number of nitrogens with zero attached hydrogens (tertiary/aromatic N) is 1. The first kappa shape index (κ1) is 18.0. The van der Waals surface area contributed by atoms with Crippen molar-refractivity contribution in [3.8, 4) is 0 Å². The zero-order chi connectivity index (χ0) is 14.8. The van der Waals surface area contributed by atoms with Gasteiger partial charge in [0.15, 0.2) is 0 Å². The highest BCUT2D eigenvalue weighted by atomic mass is 15.2. The second-order valence-electron chi connectivity index (χ2n) is 6.70. The lowest BCUT2D eigenvalue weighted by molar-refractivity contribution is 0.0664. The number of hydrogen-bond acceptors (Lipinski definition) is 2. The number of rotatable bonds is 10. The second-order valence-corrected chi connectivity index (χ2v) is 6.70. The van der Waals surface area contributed by atoms with E-state index in [9.17, 15) is 0 Å². The third-order valence-electron chi connectivity index (χ3n) is 5.26. The average Bonchev–Trinajstić information content (AvgIpc) is 2.49. The molecule has 2 nitrogen and oxygen atoms in total. The molecule has 20 heavy (non-hydrogen) atoms. The normalized spacial score (nSPS) is 23.1. The molecule has 0 spiro atoms. The fourth-order valence-corrected chi connectivity index (χ4v) is 3.56. The molecule has 1 fully saturated rings. The Labute approximate surface area is 127 Å². The molecule has 1 unspecified atom stereocenters. The molecule has 1 saturated heterocycles. The SMILES string of the molecule is CCCCCCCN1CC(CC)(CC)NCC1CCC. The molecule has 0 aliphatic carbocycles. The Morgan fingerprint density at radius 3 is 2.25 bits per heavy atom. The van der Waals surface area contributed by atoms with Crippen LogP contribution in [-0.2, 0) is 0 Å². The summed E-state index contributed by atoms with van der Waals surface area (Å²) in [4.78, 5) is 2.80. The van der Waals surface area contributed by atoms with Gasteiger partial charge in [-0.3, -0.25) is 4.90 Å². The summed E-state index contributed by atoms with van der Waals surface area (Å²) in [5, 5.41) is 3.87. The van der Waals surface area contributed by atoms with Crippen LogP contribution in [-0.4, -0.2) is 36.1 Å². The maximum atomic E-state index is 3.87. The summed E-state index contributed by atoms with van der Waals surface area (Å²) in [5.41, 5.74) is 0.383. The van der Waals surface area contributed by atoms with Crippen molar-refractivity contribution in [1.29, 1.82) is 0 Å². The Morgan fingerprint density at radius 2 is 1.65 bits per heavy atom. The van der Waals surface area contributed by atoms with Crippen LogP contribution in [0.2, 0.25) is 0 Å². The topological polar surface area (TPSA) is 15.3 Å². The van der Waals surface area contributed by atoms with E-state index in [0.717, 1.165) is 6.04 Å². The molecule has 1 N–H and O–H groups in total. The van der Waals surface area contributed by atoms with Crippen LogP contribution in [0.15, 0.2) is 0 Å². The van der Waals surface area contributed by atoms with Crippen molar-refractivity contribution in [1.82, 2.24) is 10.2 Å². The molecule has 0 radical (unpaired) electrons. The van der Waals surface area contributed by atoms with E-state index in [4.69, 9.17) is 0 Å². The van der Waals surface area contributed by atoms with Gasteiger partial charge in [0.25, 0.3) is 0 Å². The molecule has 0 aromatic heterocycles. The Morgan fingerprint density at radius 1 is 0.950 bits per heavy atom. The van der Waals surface area contributed by atoms with Gasteiger partial charge in [-0.15, -0.1) is 0 Å². The molecule has 1 heterocycles. The molecule has 1 aliphatic rings. The van der Waals surface area contributed by atoms with Crippen LogP contribution in [0.1, 0.15) is 85.5 Å². The highest BCUT2D eigenvalue weighted by Crippen LogP contribution is 2.24. The van der Waals surface area contributed by atoms with E-state index >= 15 is 0 Å². The van der Waals surface area contributed by atoms with Crippen molar-refractivity contribution in [2.75, 3.05) is 19.6 Å². The Hall–Kier alpha value is -0.0800. The van der Waals surface area contributed by atoms with Gasteiger partial charge in [0.1, 0.15) is 0 Å². The van der Waals surface area contributed by atoms with E-state index in [1.54, 1.807) is 0 Å². The van der Waals surface area contributed by atoms with E-state index in [2.05, 4.69) is 37.9 Å². The van der Waals surface area contributed by atoms with Gasteiger partial charge in [0, 0.05) is 24.7 Å². The van der Waals surface area contributed by atoms with Crippen LogP contribution in [0, 0.1) is 0 Å². The second kappa shape index (κ2) is 9.78. The van der Waals surface area contributed by atoms with Crippen molar-refractivity contribution < 1.29 is 0 Å². The minimum atomic E-state index is 0.383. The summed E-state index contributed by atoms with van der Waals surface area (Å²) in [6.45, 7) is 13.1. The number of piperazine rings is 1. The fourth-order valence-electron chi connectivity index (χ4n) is 3.56. The maximum Gasteiger partial charge on any atom is 0.0304 e. The maximum absolute atomic E-state index is 3.87. The molecule has 2 heteroatoms. The minimum Gasteiger partial charge on any atom is -0.308 e. The van der Waals surface area contributed by atoms with Crippen molar-refractivity contribution >= 4 is 0 Å². The van der Waals surface area contributed by atoms with Gasteiger partial charge in [-0.05, 0) is 32.2 Å². The largest absolute Gasteiger partial charge is 0.308 e. The lowest BCUT2D eigenvalue weighted by Crippen LogP contribution is -2.63. The first-order valence-electron chi connectivity index (χ1n) is 9.20. The predicted molar refractivity (Wildman–Crippen MR) is 90.3 cm³/mol. The molecule has 0 saturated carbocycles. The van der Waals surface area contributed by atoms with E-state index in [1.165, 1.54) is 77.4 Å². The van der Waals surface area contributed by atoms with Gasteiger partial charge in [0.05, 0.1) is 0 Å². The van der Waals surface area contributed by atoms with E-state index in [-0.39, 0.29) is 0 Å². The average molecular weight is 283 g/mol. The van der Waals surface area contributed by atoms with E-state index in [0.29, 0.717) is 5.54 Å². The van der Waals surface area contributed by atoms with Crippen LogP contribution >= 0.6 is 0 Å². The molecule has 0 amide bonds. The molecular weight excluding hydrogens is 244 g/mol. The quantitative estimate of drug-likeness (QED) is 0.590. The molecule has 120 valence electrons. The summed E-state index contributed by atoms with van der Waals surface area (Å²) in [6.07, 6.45) is 12.2. The molecule has 0 aromatic carbocycles. The van der Waals surface area contributed by atoms with Gasteiger partial charge >= 0.3 is 0 Å². The Bertz CT molecular complexity index is 236. The summed E-state index contributed by atoms with van der Waals surface area (Å²) < 4.78 is 0. The van der Waals surface area contributed by atoms with Crippen molar-refractivity contribution in [3.63, 3.8) is 0 Å². The Kier molecular flexibility index (Phi) is 8.79. The van der Waals surface area contributed by atoms with E-state index in [1.807, 2.05) is 0 Å². The molecule has 0 bridgehead atoms. The number of hydrogen-bond donors (Lipinski definition) is 1. The zero-order valence-corrected chi connectivity index (χ0v) is 14.5. The van der Waals surface area contributed by atoms with Crippen LogP contribution in [0.3, 0.4) is 0 Å². The van der Waals surface area contributed by atoms with Crippen LogP contribution in [0.5, 0.6) is 0 Å². The summed E-state index contributed by atoms with van der Waals surface area (Å²) in [6, 6.07) is 0.775. The third-order valence-corrected chi connectivity index (χ3v) is 5.26. The zero-order valence-electron chi connectivity index (χ0n) is 14.5. The van der Waals surface area contributed by atoms with Crippen molar-refractivity contribution in [2.24, 2.45) is 0 Å². The molecule has 1 rings (SSSR count). The number of unbranched alkanes of at least 4 members (excludes halogenated alkanes) is 4. The van der Waals surface area contributed by atoms with Crippen LogP contribution in [0.4, 0.5) is 0 Å². The third kappa shape index (κ3) is 5.37. The fraction of sp³-hybridized carbons (Fsp3) is 1.00. The summed E-state index contributed by atoms with van der Waals surface area (Å²) in [7, 11) is 0. The van der Waals surface area contributed by atoms with Crippen molar-refractivity contribution in [2.45, 2.75) is 97.1 Å². The standard InChI is InChI=1S/C18H38N2/c1-5-9-10-11-12-14-20-16-18(7-3,8-4)19-15-17(20)13-6-2/h17,19H,5-16H2,1-4H3. The van der Waals surface area contributed by atoms with Gasteiger partial charge in [-0.2, -0.15) is 0 Å². The summed E-state index contributed by atoms with van der Waals surface area (Å²) >= 11 is 0. The summed E-state index contributed by atoms with van der Waals surface area (Å²) in [5.74, 6) is 0. The lowest BCUT2D eigenvalue weighted by Gasteiger charge is -2.47. The first-order chi connectivity index (χ1) is 9.71. The van der Waals surface area contributed by atoms with Crippen molar-refractivity contribution in [3.05, 3.63) is 0 Å². The van der Waals surface area contributed by atoms with Crippen LogP contribution < -0.4 is 5.32 Å². The highest BCUT2D eigenvalue weighted by Gasteiger charge is 2.35. The van der Waals surface area contributed by atoms with Crippen LogP contribution in [0.25, 0.3) is 0 Å². The minimum absolute atomic E-state index is 0.383. The molecular formula is C18H38N2. The lowest BCUT2D eigenvalue weighted by atomic mass is 9.87. The molecule has 1 aliphatic heterocycles. The predicted octanol–water partition coefficient (Wildman–Crippen LogP) is 4.59. The highest BCUT2D eigenvalue weighted by molar-refractivity contribution is 4.96. The van der Waals surface area contributed by atoms with Gasteiger partial charge in [-0.1, -0.05) is 59.8 Å². The van der Waals surface area contributed by atoms with E-state index < -0.39 is 0 Å². The Balaban J connectivity index is 2.46. The smallest absolute Gasteiger partial charge is 0.0304 e. The number of nitrogens with one attached hydrogen (secondary N) is 1. The molecule has 0 aromatic rings. The first-order valence-corrected chi connectivity index (χ1v) is 9.20. The van der Waals surface area contributed by atoms with Gasteiger partial charge in [-0.25, -0.2) is 0 Å². The monoisotopic (exact) mass is 282 g/mol. The molecule has 1 atom stereocenters.